The predicted octanol–water partition coefficient (Wildman–Crippen LogP) is 2.01. The lowest BCUT2D eigenvalue weighted by Crippen LogP contribution is -2.42. The largest absolute Gasteiger partial charge is 0.493 e. The highest BCUT2D eigenvalue weighted by atomic mass is 16.5. The SMILES string of the molecule is O=C(CCc1ccncc1)N1C[C@@H]2c3ccccc3OC[C@]2(CO)C1. The summed E-state index contributed by atoms with van der Waals surface area (Å²) in [5, 5.41) is 10.1. The number of para-hydroxylation sites is 1. The summed E-state index contributed by atoms with van der Waals surface area (Å²) in [5.41, 5.74) is 1.83. The summed E-state index contributed by atoms with van der Waals surface area (Å²) < 4.78 is 5.88. The van der Waals surface area contributed by atoms with Crippen LogP contribution in [0.4, 0.5) is 0 Å². The quantitative estimate of drug-likeness (QED) is 0.926. The molecule has 5 heteroatoms. The first-order valence-corrected chi connectivity index (χ1v) is 8.71. The van der Waals surface area contributed by atoms with E-state index in [0.717, 1.165) is 16.9 Å². The van der Waals surface area contributed by atoms with Gasteiger partial charge in [-0.15, -0.1) is 0 Å². The monoisotopic (exact) mass is 338 g/mol. The number of pyridine rings is 1. The number of nitrogens with zero attached hydrogens (tertiary/aromatic N) is 2. The normalized spacial score (nSPS) is 24.4. The van der Waals surface area contributed by atoms with Crippen molar-refractivity contribution < 1.29 is 14.6 Å². The van der Waals surface area contributed by atoms with Crippen LogP contribution >= 0.6 is 0 Å². The number of rotatable bonds is 4. The highest BCUT2D eigenvalue weighted by Crippen LogP contribution is 2.49. The number of carbonyl (C=O) groups is 1. The summed E-state index contributed by atoms with van der Waals surface area (Å²) >= 11 is 0. The van der Waals surface area contributed by atoms with Crippen molar-refractivity contribution in [2.75, 3.05) is 26.3 Å². The van der Waals surface area contributed by atoms with Crippen molar-refractivity contribution in [2.24, 2.45) is 5.41 Å². The Morgan fingerprint density at radius 2 is 2.08 bits per heavy atom. The maximum absolute atomic E-state index is 12.7. The van der Waals surface area contributed by atoms with Crippen LogP contribution in [0.25, 0.3) is 0 Å². The van der Waals surface area contributed by atoms with Crippen LogP contribution in [-0.2, 0) is 11.2 Å². The van der Waals surface area contributed by atoms with Crippen molar-refractivity contribution in [3.63, 3.8) is 0 Å². The molecule has 4 rings (SSSR count). The second-order valence-electron chi connectivity index (χ2n) is 7.03. The lowest BCUT2D eigenvalue weighted by atomic mass is 9.74. The van der Waals surface area contributed by atoms with Gasteiger partial charge in [-0.2, -0.15) is 0 Å². The van der Waals surface area contributed by atoms with Gasteiger partial charge in [0, 0.05) is 37.8 Å². The van der Waals surface area contributed by atoms with Gasteiger partial charge in [0.2, 0.25) is 5.91 Å². The average Bonchev–Trinajstić information content (AvgIpc) is 3.08. The lowest BCUT2D eigenvalue weighted by Gasteiger charge is -2.37. The molecule has 1 fully saturated rings. The third-order valence-electron chi connectivity index (χ3n) is 5.50. The van der Waals surface area contributed by atoms with Crippen molar-refractivity contribution in [2.45, 2.75) is 18.8 Å². The van der Waals surface area contributed by atoms with Gasteiger partial charge < -0.3 is 14.7 Å². The fourth-order valence-electron chi connectivity index (χ4n) is 4.02. The zero-order valence-corrected chi connectivity index (χ0v) is 14.1. The number of fused-ring (bicyclic) bond motifs is 3. The van der Waals surface area contributed by atoms with Crippen molar-refractivity contribution in [3.8, 4) is 5.75 Å². The summed E-state index contributed by atoms with van der Waals surface area (Å²) in [6.07, 6.45) is 4.68. The Balaban J connectivity index is 1.49. The Morgan fingerprint density at radius 1 is 1.28 bits per heavy atom. The molecule has 1 N–H and O–H groups in total. The smallest absolute Gasteiger partial charge is 0.222 e. The number of hydrogen-bond donors (Lipinski definition) is 1. The lowest BCUT2D eigenvalue weighted by molar-refractivity contribution is -0.130. The molecule has 1 amide bonds. The molecule has 2 atom stereocenters. The van der Waals surface area contributed by atoms with Crippen molar-refractivity contribution >= 4 is 5.91 Å². The van der Waals surface area contributed by atoms with Crippen LogP contribution in [0.2, 0.25) is 0 Å². The van der Waals surface area contributed by atoms with Gasteiger partial charge in [0.25, 0.3) is 0 Å². The molecule has 0 unspecified atom stereocenters. The second-order valence-corrected chi connectivity index (χ2v) is 7.03. The molecular weight excluding hydrogens is 316 g/mol. The highest BCUT2D eigenvalue weighted by molar-refractivity contribution is 5.77. The Morgan fingerprint density at radius 3 is 2.88 bits per heavy atom. The van der Waals surface area contributed by atoms with E-state index < -0.39 is 0 Å². The molecule has 2 aromatic rings. The molecule has 130 valence electrons. The molecule has 1 aromatic carbocycles. The molecule has 1 saturated heterocycles. The van der Waals surface area contributed by atoms with Gasteiger partial charge in [-0.1, -0.05) is 18.2 Å². The first-order valence-electron chi connectivity index (χ1n) is 8.71. The highest BCUT2D eigenvalue weighted by Gasteiger charge is 2.51. The number of ether oxygens (including phenoxy) is 1. The third kappa shape index (κ3) is 2.89. The number of aryl methyl sites for hydroxylation is 1. The number of benzene rings is 1. The number of likely N-dealkylation sites (tertiary alicyclic amines) is 1. The van der Waals surface area contributed by atoms with E-state index in [-0.39, 0.29) is 23.8 Å². The van der Waals surface area contributed by atoms with Crippen LogP contribution in [0.5, 0.6) is 5.75 Å². The van der Waals surface area contributed by atoms with Gasteiger partial charge >= 0.3 is 0 Å². The zero-order chi connectivity index (χ0) is 17.3. The minimum absolute atomic E-state index is 0.0279. The molecule has 0 spiro atoms. The van der Waals surface area contributed by atoms with Gasteiger partial charge in [0.15, 0.2) is 0 Å². The molecular formula is C20H22N2O3. The maximum Gasteiger partial charge on any atom is 0.222 e. The molecule has 0 aliphatic carbocycles. The van der Waals surface area contributed by atoms with E-state index in [0.29, 0.717) is 32.5 Å². The number of aromatic nitrogens is 1. The molecule has 2 aliphatic heterocycles. The third-order valence-corrected chi connectivity index (χ3v) is 5.50. The summed E-state index contributed by atoms with van der Waals surface area (Å²) in [5.74, 6) is 1.14. The van der Waals surface area contributed by atoms with Crippen LogP contribution in [0.1, 0.15) is 23.5 Å². The van der Waals surface area contributed by atoms with Crippen LogP contribution in [0, 0.1) is 5.41 Å². The van der Waals surface area contributed by atoms with E-state index in [9.17, 15) is 9.90 Å². The van der Waals surface area contributed by atoms with Crippen LogP contribution < -0.4 is 4.74 Å². The van der Waals surface area contributed by atoms with Gasteiger partial charge in [-0.3, -0.25) is 9.78 Å². The Labute approximate surface area is 147 Å². The molecule has 0 radical (unpaired) electrons. The molecule has 25 heavy (non-hydrogen) atoms. The van der Waals surface area contributed by atoms with Gasteiger partial charge in [-0.05, 0) is 35.7 Å². The standard InChI is InChI=1S/C20H22N2O3/c23-13-20-12-22(19(24)6-5-15-7-9-21-10-8-15)11-17(20)16-3-1-2-4-18(16)25-14-20/h1-4,7-10,17,23H,5-6,11-14H2/t17-,20-/m1/s1. The number of hydrogen-bond acceptors (Lipinski definition) is 4. The van der Waals surface area contributed by atoms with Crippen LogP contribution in [0.15, 0.2) is 48.8 Å². The van der Waals surface area contributed by atoms with E-state index >= 15 is 0 Å². The van der Waals surface area contributed by atoms with Gasteiger partial charge in [-0.25, -0.2) is 0 Å². The van der Waals surface area contributed by atoms with E-state index in [1.165, 1.54) is 0 Å². The van der Waals surface area contributed by atoms with Gasteiger partial charge in [0.1, 0.15) is 5.75 Å². The van der Waals surface area contributed by atoms with E-state index in [4.69, 9.17) is 4.74 Å². The zero-order valence-electron chi connectivity index (χ0n) is 14.1. The summed E-state index contributed by atoms with van der Waals surface area (Å²) in [6, 6.07) is 11.8. The average molecular weight is 338 g/mol. The number of aliphatic hydroxyl groups excluding tert-OH is 1. The first kappa shape index (κ1) is 16.1. The molecule has 3 heterocycles. The predicted molar refractivity (Wildman–Crippen MR) is 93.3 cm³/mol. The summed E-state index contributed by atoms with van der Waals surface area (Å²) in [6.45, 7) is 1.69. The maximum atomic E-state index is 12.7. The Hall–Kier alpha value is -2.40. The Bertz CT molecular complexity index is 765. The number of carbonyl (C=O) groups excluding carboxylic acids is 1. The fourth-order valence-corrected chi connectivity index (χ4v) is 4.02. The minimum Gasteiger partial charge on any atom is -0.493 e. The molecule has 2 aliphatic rings. The van der Waals surface area contributed by atoms with Crippen molar-refractivity contribution in [1.82, 2.24) is 9.88 Å². The van der Waals surface area contributed by atoms with Gasteiger partial charge in [0.05, 0.1) is 18.6 Å². The van der Waals surface area contributed by atoms with Crippen LogP contribution in [-0.4, -0.2) is 47.2 Å². The first-order chi connectivity index (χ1) is 12.2. The van der Waals surface area contributed by atoms with E-state index in [1.54, 1.807) is 12.4 Å². The topological polar surface area (TPSA) is 62.7 Å². The van der Waals surface area contributed by atoms with Crippen molar-refractivity contribution in [3.05, 3.63) is 59.9 Å². The summed E-state index contributed by atoms with van der Waals surface area (Å²) in [7, 11) is 0. The molecule has 0 bridgehead atoms. The molecule has 1 aromatic heterocycles. The van der Waals surface area contributed by atoms with Crippen molar-refractivity contribution in [1.29, 1.82) is 0 Å². The fraction of sp³-hybridized carbons (Fsp3) is 0.400. The summed E-state index contributed by atoms with van der Waals surface area (Å²) in [4.78, 5) is 18.6. The number of aliphatic hydroxyl groups is 1. The second kappa shape index (κ2) is 6.48. The minimum atomic E-state index is -0.388. The van der Waals surface area contributed by atoms with Crippen LogP contribution in [0.3, 0.4) is 0 Å². The van der Waals surface area contributed by atoms with E-state index in [2.05, 4.69) is 11.1 Å². The molecule has 5 nitrogen and oxygen atoms in total. The molecule has 0 saturated carbocycles. The van der Waals surface area contributed by atoms with E-state index in [1.807, 2.05) is 35.2 Å². The Kier molecular flexibility index (Phi) is 4.17. The number of amides is 1.